The molecule has 0 aromatic heterocycles. The van der Waals surface area contributed by atoms with Gasteiger partial charge in [-0.15, -0.1) is 0 Å². The summed E-state index contributed by atoms with van der Waals surface area (Å²) in [5.74, 6) is -0.688. The Morgan fingerprint density at radius 2 is 1.35 bits per heavy atom. The molecule has 0 aliphatic rings. The van der Waals surface area contributed by atoms with Gasteiger partial charge in [-0.3, -0.25) is 4.79 Å². The lowest BCUT2D eigenvalue weighted by Gasteiger charge is -2.04. The third-order valence-electron chi connectivity index (χ3n) is 2.73. The van der Waals surface area contributed by atoms with Crippen molar-refractivity contribution in [2.24, 2.45) is 0 Å². The Morgan fingerprint density at radius 3 is 1.83 bits per heavy atom. The first-order chi connectivity index (χ1) is 11.0. The summed E-state index contributed by atoms with van der Waals surface area (Å²) in [5.41, 5.74) is 0.456. The van der Waals surface area contributed by atoms with Crippen LogP contribution in [0.3, 0.4) is 0 Å². The molecule has 0 fully saturated rings. The smallest absolute Gasteiger partial charge is 0.196 e. The molecule has 0 saturated heterocycles. The number of benzene rings is 2. The molecule has 0 aliphatic heterocycles. The van der Waals surface area contributed by atoms with Gasteiger partial charge < -0.3 is 25.5 Å². The zero-order valence-electron chi connectivity index (χ0n) is 12.3. The highest BCUT2D eigenvalue weighted by molar-refractivity contribution is 6.10. The summed E-state index contributed by atoms with van der Waals surface area (Å²) in [6.07, 6.45) is 2.97. The molecule has 0 aliphatic carbocycles. The van der Waals surface area contributed by atoms with Gasteiger partial charge >= 0.3 is 0 Å². The fraction of sp³-hybridized carbons (Fsp3) is 0.118. The highest BCUT2D eigenvalue weighted by atomic mass is 16.3. The van der Waals surface area contributed by atoms with Crippen LogP contribution in [0, 0.1) is 0 Å². The minimum atomic E-state index is -0.373. The topological polar surface area (TPSA) is 118 Å². The summed E-state index contributed by atoms with van der Waals surface area (Å²) < 4.78 is 0. The van der Waals surface area contributed by atoms with Crippen LogP contribution in [0.5, 0.6) is 17.2 Å². The number of ketones is 1. The molecule has 122 valence electrons. The van der Waals surface area contributed by atoms with Crippen LogP contribution in [0.15, 0.2) is 54.6 Å². The molecule has 2 rings (SSSR count). The predicted octanol–water partition coefficient (Wildman–Crippen LogP) is 1.56. The van der Waals surface area contributed by atoms with Crippen molar-refractivity contribution < 1.29 is 30.3 Å². The minimum absolute atomic E-state index is 0.0144. The molecule has 0 bridgehead atoms. The SMILES string of the molecule is O=C(c1ccc(O)cc1)c1ccc(O)cc1O.OC/C=C\CO. The van der Waals surface area contributed by atoms with Crippen molar-refractivity contribution in [2.75, 3.05) is 13.2 Å². The molecule has 2 aromatic rings. The predicted molar refractivity (Wildman–Crippen MR) is 84.6 cm³/mol. The van der Waals surface area contributed by atoms with E-state index >= 15 is 0 Å². The number of aromatic hydroxyl groups is 3. The van der Waals surface area contributed by atoms with E-state index in [1.807, 2.05) is 0 Å². The van der Waals surface area contributed by atoms with E-state index in [-0.39, 0.29) is 41.8 Å². The lowest BCUT2D eigenvalue weighted by molar-refractivity contribution is 0.103. The number of aliphatic hydroxyl groups excluding tert-OH is 2. The van der Waals surface area contributed by atoms with Gasteiger partial charge in [0.15, 0.2) is 5.78 Å². The number of hydrogen-bond donors (Lipinski definition) is 5. The van der Waals surface area contributed by atoms with E-state index in [4.69, 9.17) is 20.4 Å². The molecule has 0 radical (unpaired) electrons. The fourth-order valence-corrected chi connectivity index (χ4v) is 1.63. The molecule has 23 heavy (non-hydrogen) atoms. The van der Waals surface area contributed by atoms with Crippen LogP contribution in [0.1, 0.15) is 15.9 Å². The molecule has 0 unspecified atom stereocenters. The van der Waals surface area contributed by atoms with Gasteiger partial charge in [0.1, 0.15) is 17.2 Å². The van der Waals surface area contributed by atoms with Crippen molar-refractivity contribution in [3.63, 3.8) is 0 Å². The van der Waals surface area contributed by atoms with Gasteiger partial charge in [0.2, 0.25) is 0 Å². The number of carbonyl (C=O) groups excluding carboxylic acids is 1. The van der Waals surface area contributed by atoms with E-state index in [2.05, 4.69) is 0 Å². The summed E-state index contributed by atoms with van der Waals surface area (Å²) >= 11 is 0. The number of phenols is 3. The molecule has 0 spiro atoms. The van der Waals surface area contributed by atoms with Gasteiger partial charge in [-0.25, -0.2) is 0 Å². The summed E-state index contributed by atoms with van der Waals surface area (Å²) in [5, 5.41) is 43.8. The highest BCUT2D eigenvalue weighted by Crippen LogP contribution is 2.25. The van der Waals surface area contributed by atoms with Gasteiger partial charge in [-0.05, 0) is 36.4 Å². The van der Waals surface area contributed by atoms with Crippen molar-refractivity contribution in [3.8, 4) is 17.2 Å². The largest absolute Gasteiger partial charge is 0.508 e. The normalized spacial score (nSPS) is 10.2. The van der Waals surface area contributed by atoms with Gasteiger partial charge in [0.25, 0.3) is 0 Å². The Morgan fingerprint density at radius 1 is 0.826 bits per heavy atom. The van der Waals surface area contributed by atoms with E-state index in [0.717, 1.165) is 6.07 Å². The van der Waals surface area contributed by atoms with Crippen molar-refractivity contribution in [3.05, 3.63) is 65.7 Å². The Labute approximate surface area is 133 Å². The second kappa shape index (κ2) is 9.24. The number of aliphatic hydroxyl groups is 2. The van der Waals surface area contributed by atoms with Crippen molar-refractivity contribution >= 4 is 5.78 Å². The molecule has 0 saturated carbocycles. The lowest BCUT2D eigenvalue weighted by atomic mass is 10.0. The highest BCUT2D eigenvalue weighted by Gasteiger charge is 2.13. The number of carbonyl (C=O) groups is 1. The second-order valence-electron chi connectivity index (χ2n) is 4.41. The first-order valence-electron chi connectivity index (χ1n) is 6.72. The summed E-state index contributed by atoms with van der Waals surface area (Å²) in [6, 6.07) is 9.49. The average molecular weight is 318 g/mol. The summed E-state index contributed by atoms with van der Waals surface area (Å²) in [7, 11) is 0. The van der Waals surface area contributed by atoms with Gasteiger partial charge in [0.05, 0.1) is 18.8 Å². The molecular formula is C17H18O6. The van der Waals surface area contributed by atoms with Crippen LogP contribution in [0.25, 0.3) is 0 Å². The van der Waals surface area contributed by atoms with Crippen LogP contribution >= 0.6 is 0 Å². The second-order valence-corrected chi connectivity index (χ2v) is 4.41. The maximum Gasteiger partial charge on any atom is 0.196 e. The fourth-order valence-electron chi connectivity index (χ4n) is 1.63. The van der Waals surface area contributed by atoms with Crippen molar-refractivity contribution in [1.82, 2.24) is 0 Å². The maximum absolute atomic E-state index is 12.0. The monoisotopic (exact) mass is 318 g/mol. The third kappa shape index (κ3) is 5.82. The molecule has 2 aromatic carbocycles. The van der Waals surface area contributed by atoms with Crippen LogP contribution in [0.2, 0.25) is 0 Å². The third-order valence-corrected chi connectivity index (χ3v) is 2.73. The van der Waals surface area contributed by atoms with Crippen LogP contribution < -0.4 is 0 Å². The van der Waals surface area contributed by atoms with Crippen LogP contribution in [0.4, 0.5) is 0 Å². The molecule has 0 amide bonds. The molecule has 6 nitrogen and oxygen atoms in total. The van der Waals surface area contributed by atoms with Crippen molar-refractivity contribution in [2.45, 2.75) is 0 Å². The lowest BCUT2D eigenvalue weighted by Crippen LogP contribution is -2.01. The van der Waals surface area contributed by atoms with E-state index in [9.17, 15) is 9.90 Å². The van der Waals surface area contributed by atoms with E-state index in [1.165, 1.54) is 48.6 Å². The van der Waals surface area contributed by atoms with Gasteiger partial charge in [-0.2, -0.15) is 0 Å². The molecular weight excluding hydrogens is 300 g/mol. The summed E-state index contributed by atoms with van der Waals surface area (Å²) in [4.78, 5) is 12.0. The first-order valence-corrected chi connectivity index (χ1v) is 6.72. The molecule has 5 N–H and O–H groups in total. The van der Waals surface area contributed by atoms with Gasteiger partial charge in [-0.1, -0.05) is 12.2 Å². The number of rotatable bonds is 4. The standard InChI is InChI=1S/C13H10O4.C4H8O2/c14-9-3-1-8(2-4-9)13(17)11-6-5-10(15)7-12(11)16;5-3-1-2-4-6/h1-7,14-16H;1-2,5-6H,3-4H2/b;2-1-. The van der Waals surface area contributed by atoms with Crippen LogP contribution in [-0.2, 0) is 0 Å². The van der Waals surface area contributed by atoms with Crippen molar-refractivity contribution in [1.29, 1.82) is 0 Å². The van der Waals surface area contributed by atoms with E-state index < -0.39 is 0 Å². The Bertz CT molecular complexity index is 655. The molecule has 0 atom stereocenters. The minimum Gasteiger partial charge on any atom is -0.508 e. The zero-order chi connectivity index (χ0) is 17.2. The number of phenolic OH excluding ortho intramolecular Hbond substituents is 3. The molecule has 6 heteroatoms. The van der Waals surface area contributed by atoms with Crippen LogP contribution in [-0.4, -0.2) is 44.5 Å². The summed E-state index contributed by atoms with van der Waals surface area (Å²) in [6.45, 7) is 0.0289. The quantitative estimate of drug-likeness (QED) is 0.431. The van der Waals surface area contributed by atoms with E-state index in [0.29, 0.717) is 5.56 Å². The number of hydrogen-bond acceptors (Lipinski definition) is 6. The Balaban J connectivity index is 0.000000379. The zero-order valence-corrected chi connectivity index (χ0v) is 12.3. The maximum atomic E-state index is 12.0. The van der Waals surface area contributed by atoms with E-state index in [1.54, 1.807) is 0 Å². The first kappa shape index (κ1) is 18.2. The Hall–Kier alpha value is -2.83. The Kier molecular flexibility index (Phi) is 7.32. The average Bonchev–Trinajstić information content (AvgIpc) is 2.53. The van der Waals surface area contributed by atoms with Gasteiger partial charge in [0, 0.05) is 11.6 Å². The molecule has 0 heterocycles.